The van der Waals surface area contributed by atoms with Crippen LogP contribution in [0.2, 0.25) is 0 Å². The van der Waals surface area contributed by atoms with Gasteiger partial charge in [0.05, 0.1) is 6.04 Å². The summed E-state index contributed by atoms with van der Waals surface area (Å²) < 4.78 is 5.25. The number of rotatable bonds is 6. The number of hydrogen-bond donors (Lipinski definition) is 2. The molecule has 0 aliphatic carbocycles. The second kappa shape index (κ2) is 8.55. The van der Waals surface area contributed by atoms with Crippen LogP contribution < -0.4 is 10.6 Å². The normalized spacial score (nSPS) is 11.8. The van der Waals surface area contributed by atoms with Gasteiger partial charge in [-0.1, -0.05) is 53.7 Å². The van der Waals surface area contributed by atoms with Gasteiger partial charge in [-0.15, -0.1) is 11.3 Å². The first-order chi connectivity index (χ1) is 14.5. The van der Waals surface area contributed by atoms with Gasteiger partial charge in [0.15, 0.2) is 5.82 Å². The molecule has 0 radical (unpaired) electrons. The summed E-state index contributed by atoms with van der Waals surface area (Å²) in [6, 6.07) is 21.1. The highest BCUT2D eigenvalue weighted by Crippen LogP contribution is 2.41. The summed E-state index contributed by atoms with van der Waals surface area (Å²) in [5, 5.41) is 11.6. The molecule has 6 heteroatoms. The van der Waals surface area contributed by atoms with Gasteiger partial charge in [0.25, 0.3) is 5.91 Å². The van der Waals surface area contributed by atoms with Crippen molar-refractivity contribution in [3.63, 3.8) is 0 Å². The van der Waals surface area contributed by atoms with E-state index in [9.17, 15) is 4.79 Å². The summed E-state index contributed by atoms with van der Waals surface area (Å²) in [5.74, 6) is 1.27. The summed E-state index contributed by atoms with van der Waals surface area (Å²) >= 11 is 1.59. The molecule has 0 fully saturated rings. The van der Waals surface area contributed by atoms with Crippen LogP contribution in [0.5, 0.6) is 0 Å². The fourth-order valence-corrected chi connectivity index (χ4v) is 4.49. The number of carbonyl (C=O) groups is 1. The molecule has 2 aromatic heterocycles. The van der Waals surface area contributed by atoms with E-state index in [1.807, 2.05) is 61.5 Å². The lowest BCUT2D eigenvalue weighted by Crippen LogP contribution is -2.17. The Hall–Kier alpha value is -3.38. The van der Waals surface area contributed by atoms with Crippen LogP contribution in [0.3, 0.4) is 0 Å². The number of benzene rings is 2. The lowest BCUT2D eigenvalue weighted by Gasteiger charge is -2.21. The maximum atomic E-state index is 12.9. The van der Waals surface area contributed by atoms with E-state index in [0.29, 0.717) is 11.4 Å². The Balaban J connectivity index is 1.75. The predicted octanol–water partition coefficient (Wildman–Crippen LogP) is 6.12. The molecule has 1 unspecified atom stereocenters. The van der Waals surface area contributed by atoms with E-state index in [-0.39, 0.29) is 11.9 Å². The fraction of sp³-hybridized carbons (Fsp3) is 0.167. The number of amides is 1. The molecule has 0 saturated heterocycles. The molecule has 0 bridgehead atoms. The standard InChI is InChI=1S/C24H23N3O2S/c1-15-14-20(27-29-15)25-22(18-10-6-4-7-11-18)21-16(2)17(3)30-24(21)26-23(28)19-12-8-5-9-13-19/h4-14,22H,1-3H3,(H,25,27)(H,26,28). The number of nitrogens with zero attached hydrogens (tertiary/aromatic N) is 1. The molecule has 5 nitrogen and oxygen atoms in total. The molecular formula is C24H23N3O2S. The highest BCUT2D eigenvalue weighted by atomic mass is 32.1. The number of hydrogen-bond acceptors (Lipinski definition) is 5. The van der Waals surface area contributed by atoms with Gasteiger partial charge in [-0.2, -0.15) is 0 Å². The first-order valence-corrected chi connectivity index (χ1v) is 10.6. The Labute approximate surface area is 179 Å². The van der Waals surface area contributed by atoms with Crippen LogP contribution in [0.15, 0.2) is 71.3 Å². The Bertz CT molecular complexity index is 1150. The summed E-state index contributed by atoms with van der Waals surface area (Å²) in [4.78, 5) is 14.0. The lowest BCUT2D eigenvalue weighted by molar-refractivity contribution is 0.102. The topological polar surface area (TPSA) is 67.2 Å². The molecule has 0 aliphatic rings. The highest BCUT2D eigenvalue weighted by molar-refractivity contribution is 7.16. The van der Waals surface area contributed by atoms with Crippen molar-refractivity contribution < 1.29 is 9.32 Å². The average molecular weight is 418 g/mol. The number of carbonyl (C=O) groups excluding carboxylic acids is 1. The number of thiophene rings is 1. The summed E-state index contributed by atoms with van der Waals surface area (Å²) in [7, 11) is 0. The molecule has 1 amide bonds. The Morgan fingerprint density at radius 1 is 1.00 bits per heavy atom. The number of anilines is 2. The van der Waals surface area contributed by atoms with Gasteiger partial charge in [-0.3, -0.25) is 4.79 Å². The molecule has 152 valence electrons. The van der Waals surface area contributed by atoms with Crippen LogP contribution in [0.4, 0.5) is 10.8 Å². The van der Waals surface area contributed by atoms with Crippen molar-refractivity contribution in [2.45, 2.75) is 26.8 Å². The van der Waals surface area contributed by atoms with E-state index in [1.165, 1.54) is 0 Å². The molecule has 30 heavy (non-hydrogen) atoms. The second-order valence-corrected chi connectivity index (χ2v) is 8.38. The molecule has 2 heterocycles. The number of aromatic nitrogens is 1. The SMILES string of the molecule is Cc1cc(NC(c2ccccc2)c2c(NC(=O)c3ccccc3)sc(C)c2C)no1. The maximum absolute atomic E-state index is 12.9. The quantitative estimate of drug-likeness (QED) is 0.397. The van der Waals surface area contributed by atoms with E-state index in [2.05, 4.69) is 41.8 Å². The number of aryl methyl sites for hydroxylation is 2. The number of nitrogens with one attached hydrogen (secondary N) is 2. The molecule has 0 spiro atoms. The van der Waals surface area contributed by atoms with E-state index in [1.54, 1.807) is 11.3 Å². The molecule has 2 aromatic carbocycles. The Morgan fingerprint density at radius 3 is 2.30 bits per heavy atom. The molecule has 0 saturated carbocycles. The summed E-state index contributed by atoms with van der Waals surface area (Å²) in [6.07, 6.45) is 0. The Morgan fingerprint density at radius 2 is 1.67 bits per heavy atom. The molecule has 4 rings (SSSR count). The van der Waals surface area contributed by atoms with Gasteiger partial charge >= 0.3 is 0 Å². The van der Waals surface area contributed by atoms with Crippen LogP contribution in [0, 0.1) is 20.8 Å². The van der Waals surface area contributed by atoms with Crippen LogP contribution in [-0.2, 0) is 0 Å². The minimum Gasteiger partial charge on any atom is -0.360 e. The van der Waals surface area contributed by atoms with Crippen LogP contribution in [0.1, 0.15) is 43.7 Å². The largest absolute Gasteiger partial charge is 0.360 e. The van der Waals surface area contributed by atoms with Gasteiger partial charge in [0.1, 0.15) is 10.8 Å². The lowest BCUT2D eigenvalue weighted by atomic mass is 9.96. The average Bonchev–Trinajstić information content (AvgIpc) is 3.30. The zero-order valence-corrected chi connectivity index (χ0v) is 17.9. The highest BCUT2D eigenvalue weighted by Gasteiger charge is 2.25. The van der Waals surface area contributed by atoms with Crippen molar-refractivity contribution in [3.05, 3.63) is 99.6 Å². The fourth-order valence-electron chi connectivity index (χ4n) is 3.40. The first-order valence-electron chi connectivity index (χ1n) is 9.74. The summed E-state index contributed by atoms with van der Waals surface area (Å²) in [6.45, 7) is 6.02. The predicted molar refractivity (Wildman–Crippen MR) is 121 cm³/mol. The monoisotopic (exact) mass is 417 g/mol. The van der Waals surface area contributed by atoms with Crippen molar-refractivity contribution in [3.8, 4) is 0 Å². The zero-order chi connectivity index (χ0) is 21.1. The molecule has 1 atom stereocenters. The van der Waals surface area contributed by atoms with E-state index in [4.69, 9.17) is 4.52 Å². The van der Waals surface area contributed by atoms with Gasteiger partial charge in [-0.05, 0) is 44.0 Å². The molecular weight excluding hydrogens is 394 g/mol. The van der Waals surface area contributed by atoms with Crippen molar-refractivity contribution >= 4 is 28.1 Å². The minimum absolute atomic E-state index is 0.123. The van der Waals surface area contributed by atoms with Crippen molar-refractivity contribution in [2.24, 2.45) is 0 Å². The second-order valence-electron chi connectivity index (χ2n) is 7.16. The third-order valence-electron chi connectivity index (χ3n) is 5.04. The van der Waals surface area contributed by atoms with Gasteiger partial charge in [-0.25, -0.2) is 0 Å². The van der Waals surface area contributed by atoms with Crippen molar-refractivity contribution in [1.29, 1.82) is 0 Å². The van der Waals surface area contributed by atoms with E-state index < -0.39 is 0 Å². The zero-order valence-electron chi connectivity index (χ0n) is 17.1. The molecule has 2 N–H and O–H groups in total. The molecule has 4 aromatic rings. The van der Waals surface area contributed by atoms with Crippen LogP contribution >= 0.6 is 11.3 Å². The van der Waals surface area contributed by atoms with Gasteiger partial charge in [0.2, 0.25) is 0 Å². The van der Waals surface area contributed by atoms with Crippen LogP contribution in [0.25, 0.3) is 0 Å². The van der Waals surface area contributed by atoms with E-state index in [0.717, 1.165) is 32.3 Å². The third-order valence-corrected chi connectivity index (χ3v) is 6.18. The van der Waals surface area contributed by atoms with Gasteiger partial charge < -0.3 is 15.2 Å². The van der Waals surface area contributed by atoms with Crippen molar-refractivity contribution in [2.75, 3.05) is 10.6 Å². The van der Waals surface area contributed by atoms with E-state index >= 15 is 0 Å². The Kier molecular flexibility index (Phi) is 5.68. The van der Waals surface area contributed by atoms with Crippen molar-refractivity contribution in [1.82, 2.24) is 5.16 Å². The maximum Gasteiger partial charge on any atom is 0.256 e. The third kappa shape index (κ3) is 4.14. The molecule has 0 aliphatic heterocycles. The smallest absolute Gasteiger partial charge is 0.256 e. The van der Waals surface area contributed by atoms with Gasteiger partial charge in [0, 0.05) is 22.1 Å². The van der Waals surface area contributed by atoms with Crippen LogP contribution in [-0.4, -0.2) is 11.1 Å². The first kappa shape index (κ1) is 19.9. The minimum atomic E-state index is -0.188. The summed E-state index contributed by atoms with van der Waals surface area (Å²) in [5.41, 5.74) is 3.89.